The molecule has 2 aliphatic heterocycles. The highest BCUT2D eigenvalue weighted by atomic mass is 79.9. The van der Waals surface area contributed by atoms with Crippen molar-refractivity contribution < 1.29 is 28.8 Å². The van der Waals surface area contributed by atoms with Crippen molar-refractivity contribution in [2.75, 3.05) is 0 Å². The van der Waals surface area contributed by atoms with Gasteiger partial charge in [0.2, 0.25) is 0 Å². The summed E-state index contributed by atoms with van der Waals surface area (Å²) in [7, 11) is 1.78. The van der Waals surface area contributed by atoms with Crippen molar-refractivity contribution in [1.29, 1.82) is 0 Å². The molecule has 0 spiro atoms. The summed E-state index contributed by atoms with van der Waals surface area (Å²) in [5, 5.41) is 14.2. The molecule has 2 aromatic heterocycles. The first-order valence-electron chi connectivity index (χ1n) is 11.0. The van der Waals surface area contributed by atoms with Gasteiger partial charge in [0.1, 0.15) is 23.4 Å². The van der Waals surface area contributed by atoms with Crippen molar-refractivity contribution in [2.45, 2.75) is 29.3 Å². The lowest BCUT2D eigenvalue weighted by atomic mass is 9.89. The predicted octanol–water partition coefficient (Wildman–Crippen LogP) is 3.69. The van der Waals surface area contributed by atoms with E-state index < -0.39 is 38.6 Å². The molecule has 2 unspecified atom stereocenters. The first-order chi connectivity index (χ1) is 18.1. The van der Waals surface area contributed by atoms with Crippen LogP contribution in [-0.4, -0.2) is 51.9 Å². The van der Waals surface area contributed by atoms with E-state index in [9.17, 15) is 24.5 Å². The van der Waals surface area contributed by atoms with Gasteiger partial charge in [0.05, 0.1) is 4.92 Å². The maximum absolute atomic E-state index is 13.5. The lowest BCUT2D eigenvalue weighted by Crippen LogP contribution is -2.70. The Balaban J connectivity index is 1.33. The summed E-state index contributed by atoms with van der Waals surface area (Å²) in [6.45, 7) is 1.12. The van der Waals surface area contributed by atoms with Crippen LogP contribution >= 0.6 is 39.0 Å². The number of imidazole rings is 1. The summed E-state index contributed by atoms with van der Waals surface area (Å²) in [5.41, 5.74) is 0.880. The monoisotopic (exact) mass is 619 g/mol. The highest BCUT2D eigenvalue weighted by Crippen LogP contribution is 2.58. The fourth-order valence-corrected chi connectivity index (χ4v) is 7.04. The number of halogens is 1. The Hall–Kier alpha value is -3.56. The number of nitrogens with zero attached hydrogens (tertiary/aromatic N) is 5. The molecule has 1 aromatic carbocycles. The number of carbonyl (C=O) groups is 3. The smallest absolute Gasteiger partial charge is 0.355 e. The number of alkyl halides is 1. The SMILES string of the molecule is CC(=O)OC(c1cn(C)c(-c2nccs2)n1)[C@]1(Br)C(=O)N2C(C(=O)OCc3ccc([N+](=O)[O-])cc3)=CSC21. The molecule has 1 fully saturated rings. The number of rotatable bonds is 8. The summed E-state index contributed by atoms with van der Waals surface area (Å²) < 4.78 is 11.3. The van der Waals surface area contributed by atoms with Crippen LogP contribution in [0.1, 0.15) is 24.3 Å². The van der Waals surface area contributed by atoms with Crippen LogP contribution in [0.15, 0.2) is 53.1 Å². The van der Waals surface area contributed by atoms with Gasteiger partial charge in [-0.25, -0.2) is 14.8 Å². The molecule has 1 amide bonds. The van der Waals surface area contributed by atoms with E-state index in [1.54, 1.807) is 24.0 Å². The number of hydrogen-bond donors (Lipinski definition) is 0. The van der Waals surface area contributed by atoms with Crippen LogP contribution in [0.4, 0.5) is 5.69 Å². The molecule has 15 heteroatoms. The number of β-lactam (4-membered cyclic amide) rings is 1. The number of carbonyl (C=O) groups excluding carboxylic acids is 3. The van der Waals surface area contributed by atoms with Crippen LogP contribution in [0.5, 0.6) is 0 Å². The number of amides is 1. The normalized spacial score (nSPS) is 20.8. The van der Waals surface area contributed by atoms with Crippen LogP contribution < -0.4 is 0 Å². The summed E-state index contributed by atoms with van der Waals surface area (Å²) in [4.78, 5) is 58.8. The van der Waals surface area contributed by atoms with Crippen LogP contribution in [-0.2, 0) is 37.5 Å². The van der Waals surface area contributed by atoms with Gasteiger partial charge in [0, 0.05) is 49.3 Å². The van der Waals surface area contributed by atoms with Crippen LogP contribution in [0, 0.1) is 10.1 Å². The molecule has 0 saturated carbocycles. The fourth-order valence-electron chi connectivity index (χ4n) is 4.10. The summed E-state index contributed by atoms with van der Waals surface area (Å²) in [6.07, 6.45) is 2.25. The molecule has 3 atom stereocenters. The number of aryl methyl sites for hydroxylation is 1. The second-order valence-electron chi connectivity index (χ2n) is 8.36. The molecule has 38 heavy (non-hydrogen) atoms. The molecule has 2 aliphatic rings. The molecule has 0 radical (unpaired) electrons. The summed E-state index contributed by atoms with van der Waals surface area (Å²) >= 11 is 6.14. The van der Waals surface area contributed by atoms with E-state index in [2.05, 4.69) is 25.9 Å². The number of nitro benzene ring substituents is 1. The van der Waals surface area contributed by atoms with E-state index in [1.165, 1.54) is 64.6 Å². The standard InChI is InChI=1S/C23H18BrN5O7S2/c1-12(30)36-17(15-9-27(2)18(26-15)19-25-7-8-37-19)23(24)21(32)28-16(11-38-22(23)28)20(31)35-10-13-3-5-14(6-4-13)29(33)34/h3-9,11,17,22H,10H2,1-2H3/t17?,22?,23-/m0/s1. The Morgan fingerprint density at radius 1 is 1.32 bits per heavy atom. The third kappa shape index (κ3) is 4.39. The molecule has 0 bridgehead atoms. The van der Waals surface area contributed by atoms with E-state index in [0.29, 0.717) is 22.1 Å². The van der Waals surface area contributed by atoms with E-state index in [1.807, 2.05) is 5.38 Å². The van der Waals surface area contributed by atoms with Gasteiger partial charge in [0.15, 0.2) is 21.3 Å². The maximum Gasteiger partial charge on any atom is 0.355 e. The average Bonchev–Trinajstić information content (AvgIpc) is 3.64. The number of thioether (sulfide) groups is 1. The predicted molar refractivity (Wildman–Crippen MR) is 140 cm³/mol. The topological polar surface area (TPSA) is 147 Å². The van der Waals surface area contributed by atoms with Crippen molar-refractivity contribution in [3.8, 4) is 10.8 Å². The summed E-state index contributed by atoms with van der Waals surface area (Å²) in [5.74, 6) is -1.26. The van der Waals surface area contributed by atoms with Crippen molar-refractivity contribution >= 4 is 62.6 Å². The lowest BCUT2D eigenvalue weighted by Gasteiger charge is -2.51. The van der Waals surface area contributed by atoms with E-state index in [0.717, 1.165) is 0 Å². The minimum atomic E-state index is -1.38. The Morgan fingerprint density at radius 3 is 2.68 bits per heavy atom. The highest BCUT2D eigenvalue weighted by Gasteiger charge is 2.69. The van der Waals surface area contributed by atoms with E-state index in [-0.39, 0.29) is 18.0 Å². The van der Waals surface area contributed by atoms with Gasteiger partial charge in [-0.15, -0.1) is 23.1 Å². The van der Waals surface area contributed by atoms with Crippen molar-refractivity contribution in [3.63, 3.8) is 0 Å². The van der Waals surface area contributed by atoms with Gasteiger partial charge >= 0.3 is 11.9 Å². The quantitative estimate of drug-likeness (QED) is 0.120. The number of aromatic nitrogens is 3. The van der Waals surface area contributed by atoms with E-state index in [4.69, 9.17) is 9.47 Å². The zero-order valence-electron chi connectivity index (χ0n) is 19.8. The Kier molecular flexibility index (Phi) is 6.83. The molecule has 0 aliphatic carbocycles. The number of hydrogen-bond acceptors (Lipinski definition) is 11. The van der Waals surface area contributed by atoms with Crippen molar-refractivity contribution in [1.82, 2.24) is 19.4 Å². The molecule has 196 valence electrons. The molecule has 4 heterocycles. The van der Waals surface area contributed by atoms with Crippen LogP contribution in [0.25, 0.3) is 10.8 Å². The van der Waals surface area contributed by atoms with Gasteiger partial charge in [-0.2, -0.15) is 0 Å². The Morgan fingerprint density at radius 2 is 2.05 bits per heavy atom. The first-order valence-corrected chi connectivity index (χ1v) is 13.6. The van der Waals surface area contributed by atoms with Crippen molar-refractivity contribution in [3.05, 3.63) is 74.5 Å². The number of thiazole rings is 1. The number of ether oxygens (including phenoxy) is 2. The molecular weight excluding hydrogens is 602 g/mol. The molecule has 1 saturated heterocycles. The van der Waals surface area contributed by atoms with Gasteiger partial charge in [-0.3, -0.25) is 24.6 Å². The fraction of sp³-hybridized carbons (Fsp3) is 0.261. The largest absolute Gasteiger partial charge is 0.456 e. The van der Waals surface area contributed by atoms with Gasteiger partial charge in [-0.1, -0.05) is 15.9 Å². The van der Waals surface area contributed by atoms with Crippen molar-refractivity contribution in [2.24, 2.45) is 7.05 Å². The van der Waals surface area contributed by atoms with Gasteiger partial charge in [0.25, 0.3) is 11.6 Å². The number of esters is 2. The molecule has 0 N–H and O–H groups in total. The highest BCUT2D eigenvalue weighted by molar-refractivity contribution is 9.10. The number of nitro groups is 1. The second kappa shape index (κ2) is 9.96. The zero-order valence-corrected chi connectivity index (χ0v) is 23.0. The average molecular weight is 620 g/mol. The number of fused-ring (bicyclic) bond motifs is 1. The Labute approximate surface area is 231 Å². The Bertz CT molecular complexity index is 1470. The third-order valence-electron chi connectivity index (χ3n) is 5.89. The maximum atomic E-state index is 13.5. The van der Waals surface area contributed by atoms with Gasteiger partial charge in [-0.05, 0) is 17.7 Å². The second-order valence-corrected chi connectivity index (χ2v) is 11.5. The van der Waals surface area contributed by atoms with Crippen LogP contribution in [0.2, 0.25) is 0 Å². The van der Waals surface area contributed by atoms with Crippen LogP contribution in [0.3, 0.4) is 0 Å². The molecule has 5 rings (SSSR count). The zero-order chi connectivity index (χ0) is 27.2. The minimum absolute atomic E-state index is 0.0491. The van der Waals surface area contributed by atoms with E-state index >= 15 is 0 Å². The number of non-ortho nitro benzene ring substituents is 1. The summed E-state index contributed by atoms with van der Waals surface area (Å²) in [6, 6.07) is 5.60. The third-order valence-corrected chi connectivity index (χ3v) is 9.35. The molecule has 3 aromatic rings. The minimum Gasteiger partial charge on any atom is -0.456 e. The molecule has 12 nitrogen and oxygen atoms in total. The van der Waals surface area contributed by atoms with Gasteiger partial charge < -0.3 is 14.0 Å². The number of benzene rings is 1. The first kappa shape index (κ1) is 26.1. The molecular formula is C23H18BrN5O7S2. The lowest BCUT2D eigenvalue weighted by molar-refractivity contribution is -0.384.